The molecule has 0 fully saturated rings. The minimum atomic E-state index is -1.01. The van der Waals surface area contributed by atoms with Crippen molar-refractivity contribution in [2.45, 2.75) is 57.8 Å². The maximum atomic E-state index is 12.2. The first kappa shape index (κ1) is 21.9. The van der Waals surface area contributed by atoms with Crippen LogP contribution in [0.2, 0.25) is 0 Å². The Morgan fingerprint density at radius 3 is 2.54 bits per heavy atom. The van der Waals surface area contributed by atoms with E-state index in [-0.39, 0.29) is 17.6 Å². The zero-order valence-electron chi connectivity index (χ0n) is 16.6. The molecule has 0 aliphatic rings. The molecule has 7 nitrogen and oxygen atoms in total. The van der Waals surface area contributed by atoms with Gasteiger partial charge in [-0.05, 0) is 24.3 Å². The summed E-state index contributed by atoms with van der Waals surface area (Å²) in [6.45, 7) is 6.71. The molecule has 0 spiro atoms. The van der Waals surface area contributed by atoms with Gasteiger partial charge in [0, 0.05) is 13.0 Å². The van der Waals surface area contributed by atoms with E-state index in [0.29, 0.717) is 18.0 Å². The molecule has 0 saturated heterocycles. The van der Waals surface area contributed by atoms with Crippen LogP contribution in [0.1, 0.15) is 45.0 Å². The van der Waals surface area contributed by atoms with Crippen molar-refractivity contribution >= 4 is 23.6 Å². The fourth-order valence-electron chi connectivity index (χ4n) is 2.84. The summed E-state index contributed by atoms with van der Waals surface area (Å²) in [4.78, 5) is 23.5. The van der Waals surface area contributed by atoms with Gasteiger partial charge in [0.25, 0.3) is 0 Å². The highest BCUT2D eigenvalue weighted by Gasteiger charge is 2.22. The maximum absolute atomic E-state index is 12.2. The number of nitrogens with zero attached hydrogens (tertiary/aromatic N) is 3. The van der Waals surface area contributed by atoms with Crippen molar-refractivity contribution in [3.8, 4) is 0 Å². The summed E-state index contributed by atoms with van der Waals surface area (Å²) in [6.07, 6.45) is 2.00. The molecular weight excluding hydrogens is 376 g/mol. The third kappa shape index (κ3) is 6.67. The van der Waals surface area contributed by atoms with E-state index in [0.717, 1.165) is 24.4 Å². The van der Waals surface area contributed by atoms with Crippen molar-refractivity contribution in [1.29, 1.82) is 0 Å². The first-order valence-electron chi connectivity index (χ1n) is 9.51. The second kappa shape index (κ2) is 10.8. The minimum absolute atomic E-state index is 0.106. The number of rotatable bonds is 11. The molecule has 2 aromatic rings. The summed E-state index contributed by atoms with van der Waals surface area (Å²) >= 11 is 1.28. The number of hydrogen-bond donors (Lipinski definition) is 2. The smallest absolute Gasteiger partial charge is 0.326 e. The van der Waals surface area contributed by atoms with Crippen LogP contribution in [0.5, 0.6) is 0 Å². The molecule has 2 N–H and O–H groups in total. The molecule has 1 aromatic carbocycles. The number of carboxylic acid groups (broad SMARTS) is 1. The van der Waals surface area contributed by atoms with Gasteiger partial charge in [0.15, 0.2) is 5.16 Å². The Morgan fingerprint density at radius 1 is 1.21 bits per heavy atom. The number of nitrogens with one attached hydrogen (secondary N) is 1. The Balaban J connectivity index is 2.01. The zero-order chi connectivity index (χ0) is 20.5. The maximum Gasteiger partial charge on any atom is 0.326 e. The zero-order valence-corrected chi connectivity index (χ0v) is 17.4. The van der Waals surface area contributed by atoms with Gasteiger partial charge in [-0.3, -0.25) is 4.79 Å². The number of hydrogen-bond acceptors (Lipinski definition) is 5. The van der Waals surface area contributed by atoms with E-state index >= 15 is 0 Å². The van der Waals surface area contributed by atoms with E-state index in [1.54, 1.807) is 0 Å². The Morgan fingerprint density at radius 2 is 1.93 bits per heavy atom. The third-order valence-corrected chi connectivity index (χ3v) is 5.09. The van der Waals surface area contributed by atoms with Gasteiger partial charge in [-0.2, -0.15) is 0 Å². The second-order valence-corrected chi connectivity index (χ2v) is 8.03. The monoisotopic (exact) mass is 404 g/mol. The van der Waals surface area contributed by atoms with Gasteiger partial charge in [0.05, 0.1) is 5.75 Å². The molecule has 1 amide bonds. The molecule has 1 heterocycles. The SMILES string of the molecule is CCCn1c(Cc2ccccc2)nnc1SCC(=O)N[C@@H](CC(C)C)C(=O)O. The van der Waals surface area contributed by atoms with E-state index in [2.05, 4.69) is 22.4 Å². The van der Waals surface area contributed by atoms with E-state index in [4.69, 9.17) is 0 Å². The summed E-state index contributed by atoms with van der Waals surface area (Å²) in [6, 6.07) is 9.19. The lowest BCUT2D eigenvalue weighted by Crippen LogP contribution is -2.42. The molecule has 0 saturated carbocycles. The predicted molar refractivity (Wildman–Crippen MR) is 109 cm³/mol. The molecule has 2 rings (SSSR count). The third-order valence-electron chi connectivity index (χ3n) is 4.12. The summed E-state index contributed by atoms with van der Waals surface area (Å²) in [5, 5.41) is 21.1. The van der Waals surface area contributed by atoms with Gasteiger partial charge in [0.1, 0.15) is 11.9 Å². The number of aliphatic carboxylic acids is 1. The van der Waals surface area contributed by atoms with Crippen molar-refractivity contribution in [2.24, 2.45) is 5.92 Å². The Bertz CT molecular complexity index is 777. The largest absolute Gasteiger partial charge is 0.480 e. The molecule has 28 heavy (non-hydrogen) atoms. The fraction of sp³-hybridized carbons (Fsp3) is 0.500. The topological polar surface area (TPSA) is 97.1 Å². The van der Waals surface area contributed by atoms with E-state index in [1.165, 1.54) is 11.8 Å². The van der Waals surface area contributed by atoms with Crippen LogP contribution in [0.25, 0.3) is 0 Å². The van der Waals surface area contributed by atoms with E-state index < -0.39 is 12.0 Å². The lowest BCUT2D eigenvalue weighted by Gasteiger charge is -2.16. The number of aromatic nitrogens is 3. The number of amides is 1. The van der Waals surface area contributed by atoms with Gasteiger partial charge in [-0.15, -0.1) is 10.2 Å². The molecule has 0 radical (unpaired) electrons. The molecule has 8 heteroatoms. The first-order chi connectivity index (χ1) is 13.4. The molecule has 0 bridgehead atoms. The van der Waals surface area contributed by atoms with Gasteiger partial charge in [-0.1, -0.05) is 62.9 Å². The highest BCUT2D eigenvalue weighted by Crippen LogP contribution is 2.19. The number of carboxylic acids is 1. The summed E-state index contributed by atoms with van der Waals surface area (Å²) in [5.41, 5.74) is 1.15. The number of benzene rings is 1. The van der Waals surface area contributed by atoms with Crippen molar-refractivity contribution in [3.63, 3.8) is 0 Å². The van der Waals surface area contributed by atoms with Crippen molar-refractivity contribution in [3.05, 3.63) is 41.7 Å². The minimum Gasteiger partial charge on any atom is -0.480 e. The molecule has 1 atom stereocenters. The molecule has 0 unspecified atom stereocenters. The van der Waals surface area contributed by atoms with Crippen LogP contribution in [0.15, 0.2) is 35.5 Å². The average Bonchev–Trinajstić information content (AvgIpc) is 3.02. The van der Waals surface area contributed by atoms with Crippen molar-refractivity contribution < 1.29 is 14.7 Å². The van der Waals surface area contributed by atoms with Crippen LogP contribution in [-0.4, -0.2) is 43.5 Å². The lowest BCUT2D eigenvalue weighted by molar-refractivity contribution is -0.141. The molecule has 0 aliphatic heterocycles. The van der Waals surface area contributed by atoms with Gasteiger partial charge in [0.2, 0.25) is 5.91 Å². The van der Waals surface area contributed by atoms with Crippen LogP contribution in [0.3, 0.4) is 0 Å². The first-order valence-corrected chi connectivity index (χ1v) is 10.5. The van der Waals surface area contributed by atoms with Gasteiger partial charge in [-0.25, -0.2) is 4.79 Å². The highest BCUT2D eigenvalue weighted by atomic mass is 32.2. The Labute approximate surface area is 169 Å². The lowest BCUT2D eigenvalue weighted by atomic mass is 10.0. The van der Waals surface area contributed by atoms with E-state index in [9.17, 15) is 14.7 Å². The van der Waals surface area contributed by atoms with Crippen LogP contribution < -0.4 is 5.32 Å². The summed E-state index contributed by atoms with van der Waals surface area (Å²) < 4.78 is 2.04. The quantitative estimate of drug-likeness (QED) is 0.559. The van der Waals surface area contributed by atoms with E-state index in [1.807, 2.05) is 48.7 Å². The van der Waals surface area contributed by atoms with Crippen molar-refractivity contribution in [1.82, 2.24) is 20.1 Å². The Kier molecular flexibility index (Phi) is 8.50. The number of carbonyl (C=O) groups is 2. The molecule has 1 aromatic heterocycles. The Hall–Kier alpha value is -2.35. The standard InChI is InChI=1S/C20H28N4O3S/c1-4-10-24-17(12-15-8-6-5-7-9-15)22-23-20(24)28-13-18(25)21-16(19(26)27)11-14(2)3/h5-9,14,16H,4,10-13H2,1-3H3,(H,21,25)(H,26,27)/t16-/m0/s1. The average molecular weight is 405 g/mol. The summed E-state index contributed by atoms with van der Waals surface area (Å²) in [7, 11) is 0. The van der Waals surface area contributed by atoms with Gasteiger partial charge < -0.3 is 15.0 Å². The van der Waals surface area contributed by atoms with Crippen LogP contribution in [0.4, 0.5) is 0 Å². The molecular formula is C20H28N4O3S. The molecule has 152 valence electrons. The van der Waals surface area contributed by atoms with Crippen LogP contribution >= 0.6 is 11.8 Å². The normalized spacial score (nSPS) is 12.1. The predicted octanol–water partition coefficient (Wildman–Crippen LogP) is 2.99. The van der Waals surface area contributed by atoms with Crippen LogP contribution in [0, 0.1) is 5.92 Å². The van der Waals surface area contributed by atoms with Gasteiger partial charge >= 0.3 is 5.97 Å². The highest BCUT2D eigenvalue weighted by molar-refractivity contribution is 7.99. The molecule has 0 aliphatic carbocycles. The van der Waals surface area contributed by atoms with Crippen LogP contribution in [-0.2, 0) is 22.6 Å². The summed E-state index contributed by atoms with van der Waals surface area (Å²) in [5.74, 6) is -0.170. The second-order valence-electron chi connectivity index (χ2n) is 7.09. The van der Waals surface area contributed by atoms with Crippen molar-refractivity contribution in [2.75, 3.05) is 5.75 Å². The number of carbonyl (C=O) groups excluding carboxylic acids is 1. The number of thioether (sulfide) groups is 1. The fourth-order valence-corrected chi connectivity index (χ4v) is 3.64.